The van der Waals surface area contributed by atoms with Crippen LogP contribution in [0.3, 0.4) is 0 Å². The summed E-state index contributed by atoms with van der Waals surface area (Å²) in [5.41, 5.74) is 10.3. The summed E-state index contributed by atoms with van der Waals surface area (Å²) in [6, 6.07) is 12.7. The lowest BCUT2D eigenvalue weighted by Gasteiger charge is -2.19. The fourth-order valence-electron chi connectivity index (χ4n) is 1.86. The Kier molecular flexibility index (Phi) is 3.48. The largest absolute Gasteiger partial charge is 0.326 e. The molecule has 1 aromatic heterocycles. The molecule has 1 aromatic carbocycles. The van der Waals surface area contributed by atoms with Gasteiger partial charge in [0.25, 0.3) is 0 Å². The van der Waals surface area contributed by atoms with Crippen molar-refractivity contribution in [3.8, 4) is 11.3 Å². The van der Waals surface area contributed by atoms with Crippen LogP contribution in [0.25, 0.3) is 11.3 Å². The van der Waals surface area contributed by atoms with Crippen molar-refractivity contribution >= 4 is 0 Å². The van der Waals surface area contributed by atoms with E-state index in [1.165, 1.54) is 5.56 Å². The van der Waals surface area contributed by atoms with E-state index in [9.17, 15) is 0 Å². The number of nitrogens with two attached hydrogens (primary N) is 1. The van der Waals surface area contributed by atoms with Gasteiger partial charge in [-0.25, -0.2) is 0 Å². The SMILES string of the molecule is CC(C)(C)c1ccc(-c2ccc(CN)cn2)cc1. The zero-order valence-electron chi connectivity index (χ0n) is 11.3. The van der Waals surface area contributed by atoms with Gasteiger partial charge in [0.15, 0.2) is 0 Å². The summed E-state index contributed by atoms with van der Waals surface area (Å²) in [5, 5.41) is 0. The molecule has 0 saturated carbocycles. The van der Waals surface area contributed by atoms with Crippen molar-refractivity contribution in [3.05, 3.63) is 53.7 Å². The summed E-state index contributed by atoms with van der Waals surface area (Å²) >= 11 is 0. The number of nitrogens with zero attached hydrogens (tertiary/aromatic N) is 1. The minimum absolute atomic E-state index is 0.190. The van der Waals surface area contributed by atoms with Crippen LogP contribution < -0.4 is 5.73 Å². The Bertz CT molecular complexity index is 504. The maximum Gasteiger partial charge on any atom is 0.0702 e. The average molecular weight is 240 g/mol. The molecule has 2 aromatic rings. The minimum atomic E-state index is 0.190. The van der Waals surface area contributed by atoms with E-state index in [4.69, 9.17) is 5.73 Å². The van der Waals surface area contributed by atoms with Crippen LogP contribution in [0, 0.1) is 0 Å². The van der Waals surface area contributed by atoms with Crippen molar-refractivity contribution in [2.75, 3.05) is 0 Å². The molecule has 1 heterocycles. The molecule has 0 radical (unpaired) electrons. The Hall–Kier alpha value is -1.67. The van der Waals surface area contributed by atoms with E-state index >= 15 is 0 Å². The zero-order valence-corrected chi connectivity index (χ0v) is 11.3. The van der Waals surface area contributed by atoms with E-state index < -0.39 is 0 Å². The van der Waals surface area contributed by atoms with Crippen LogP contribution in [0.2, 0.25) is 0 Å². The summed E-state index contributed by atoms with van der Waals surface area (Å²) in [7, 11) is 0. The molecule has 18 heavy (non-hydrogen) atoms. The first-order chi connectivity index (χ1) is 8.50. The van der Waals surface area contributed by atoms with E-state index in [0.717, 1.165) is 16.8 Å². The molecular weight excluding hydrogens is 220 g/mol. The van der Waals surface area contributed by atoms with Crippen LogP contribution in [0.1, 0.15) is 31.9 Å². The van der Waals surface area contributed by atoms with Gasteiger partial charge in [-0.05, 0) is 22.6 Å². The summed E-state index contributed by atoms with van der Waals surface area (Å²) in [6.07, 6.45) is 1.84. The monoisotopic (exact) mass is 240 g/mol. The Morgan fingerprint density at radius 2 is 1.67 bits per heavy atom. The van der Waals surface area contributed by atoms with Gasteiger partial charge in [0.05, 0.1) is 5.69 Å². The number of pyridine rings is 1. The van der Waals surface area contributed by atoms with Gasteiger partial charge in [0, 0.05) is 18.3 Å². The van der Waals surface area contributed by atoms with Crippen LogP contribution in [0.15, 0.2) is 42.6 Å². The summed E-state index contributed by atoms with van der Waals surface area (Å²) in [5.74, 6) is 0. The standard InChI is InChI=1S/C16H20N2/c1-16(2,3)14-7-5-13(6-8-14)15-9-4-12(10-17)11-18-15/h4-9,11H,10,17H2,1-3H3. The predicted octanol–water partition coefficient (Wildman–Crippen LogP) is 3.50. The second kappa shape index (κ2) is 4.91. The molecule has 2 heteroatoms. The molecule has 0 aliphatic carbocycles. The lowest BCUT2D eigenvalue weighted by atomic mass is 9.86. The van der Waals surface area contributed by atoms with E-state index in [-0.39, 0.29) is 5.41 Å². The molecule has 0 bridgehead atoms. The molecular formula is C16H20N2. The molecule has 0 saturated heterocycles. The van der Waals surface area contributed by atoms with Crippen molar-refractivity contribution < 1.29 is 0 Å². The Morgan fingerprint density at radius 1 is 1.00 bits per heavy atom. The molecule has 2 N–H and O–H groups in total. The van der Waals surface area contributed by atoms with Crippen LogP contribution in [0.4, 0.5) is 0 Å². The lowest BCUT2D eigenvalue weighted by molar-refractivity contribution is 0.590. The van der Waals surface area contributed by atoms with Crippen LogP contribution in [-0.4, -0.2) is 4.98 Å². The third-order valence-electron chi connectivity index (χ3n) is 3.11. The second-order valence-corrected chi connectivity index (χ2v) is 5.58. The molecule has 0 spiro atoms. The molecule has 0 amide bonds. The van der Waals surface area contributed by atoms with Gasteiger partial charge in [0.2, 0.25) is 0 Å². The molecule has 2 nitrogen and oxygen atoms in total. The highest BCUT2D eigenvalue weighted by Gasteiger charge is 2.13. The Morgan fingerprint density at radius 3 is 2.11 bits per heavy atom. The zero-order chi connectivity index (χ0) is 13.2. The highest BCUT2D eigenvalue weighted by Crippen LogP contribution is 2.25. The maximum absolute atomic E-state index is 5.57. The van der Waals surface area contributed by atoms with E-state index in [1.54, 1.807) is 0 Å². The lowest BCUT2D eigenvalue weighted by Crippen LogP contribution is -2.10. The van der Waals surface area contributed by atoms with Gasteiger partial charge in [-0.2, -0.15) is 0 Å². The first kappa shape index (κ1) is 12.8. The summed E-state index contributed by atoms with van der Waals surface area (Å²) in [6.45, 7) is 7.19. The minimum Gasteiger partial charge on any atom is -0.326 e. The number of hydrogen-bond acceptors (Lipinski definition) is 2. The van der Waals surface area contributed by atoms with Crippen LogP contribution in [-0.2, 0) is 12.0 Å². The fourth-order valence-corrected chi connectivity index (χ4v) is 1.86. The first-order valence-electron chi connectivity index (χ1n) is 6.26. The number of benzene rings is 1. The van der Waals surface area contributed by atoms with Crippen molar-refractivity contribution in [2.24, 2.45) is 5.73 Å². The smallest absolute Gasteiger partial charge is 0.0702 e. The number of aromatic nitrogens is 1. The maximum atomic E-state index is 5.57. The molecule has 0 fully saturated rings. The van der Waals surface area contributed by atoms with Crippen molar-refractivity contribution in [3.63, 3.8) is 0 Å². The summed E-state index contributed by atoms with van der Waals surface area (Å²) in [4.78, 5) is 4.43. The van der Waals surface area contributed by atoms with Gasteiger partial charge in [-0.1, -0.05) is 51.1 Å². The second-order valence-electron chi connectivity index (χ2n) is 5.58. The third kappa shape index (κ3) is 2.77. The Labute approximate surface area is 109 Å². The summed E-state index contributed by atoms with van der Waals surface area (Å²) < 4.78 is 0. The van der Waals surface area contributed by atoms with Gasteiger partial charge in [-0.3, -0.25) is 4.98 Å². The highest BCUT2D eigenvalue weighted by atomic mass is 14.7. The molecule has 94 valence electrons. The van der Waals surface area contributed by atoms with Crippen molar-refractivity contribution in [1.82, 2.24) is 4.98 Å². The molecule has 0 unspecified atom stereocenters. The number of hydrogen-bond donors (Lipinski definition) is 1. The van der Waals surface area contributed by atoms with Crippen LogP contribution in [0.5, 0.6) is 0 Å². The molecule has 0 aliphatic heterocycles. The van der Waals surface area contributed by atoms with E-state index in [2.05, 4.69) is 50.0 Å². The predicted molar refractivity (Wildman–Crippen MR) is 76.3 cm³/mol. The molecule has 2 rings (SSSR count). The van der Waals surface area contributed by atoms with Gasteiger partial charge in [-0.15, -0.1) is 0 Å². The fraction of sp³-hybridized carbons (Fsp3) is 0.312. The van der Waals surface area contributed by atoms with E-state index in [0.29, 0.717) is 6.54 Å². The van der Waals surface area contributed by atoms with Gasteiger partial charge < -0.3 is 5.73 Å². The van der Waals surface area contributed by atoms with Crippen molar-refractivity contribution in [1.29, 1.82) is 0 Å². The molecule has 0 atom stereocenters. The van der Waals surface area contributed by atoms with Gasteiger partial charge in [0.1, 0.15) is 0 Å². The quantitative estimate of drug-likeness (QED) is 0.872. The van der Waals surface area contributed by atoms with Gasteiger partial charge >= 0.3 is 0 Å². The third-order valence-corrected chi connectivity index (χ3v) is 3.11. The van der Waals surface area contributed by atoms with Crippen LogP contribution >= 0.6 is 0 Å². The van der Waals surface area contributed by atoms with Crippen molar-refractivity contribution in [2.45, 2.75) is 32.7 Å². The number of rotatable bonds is 2. The first-order valence-corrected chi connectivity index (χ1v) is 6.26. The highest BCUT2D eigenvalue weighted by molar-refractivity contribution is 5.59. The average Bonchev–Trinajstić information content (AvgIpc) is 2.38. The normalized spacial score (nSPS) is 11.6. The van der Waals surface area contributed by atoms with E-state index in [1.807, 2.05) is 18.3 Å². The topological polar surface area (TPSA) is 38.9 Å². The Balaban J connectivity index is 2.28. The molecule has 0 aliphatic rings.